The van der Waals surface area contributed by atoms with E-state index in [9.17, 15) is 31.1 Å². The fourth-order valence-corrected chi connectivity index (χ4v) is 5.25. The quantitative estimate of drug-likeness (QED) is 0.331. The Bertz CT molecular complexity index is 1270. The van der Waals surface area contributed by atoms with Gasteiger partial charge in [0, 0.05) is 31.7 Å². The molecule has 6 nitrogen and oxygen atoms in total. The minimum Gasteiger partial charge on any atom is -0.494 e. The Morgan fingerprint density at radius 3 is 2.29 bits per heavy atom. The number of nitrogens with zero attached hydrogens (tertiary/aromatic N) is 3. The third kappa shape index (κ3) is 6.21. The highest BCUT2D eigenvalue weighted by Crippen LogP contribution is 2.39. The van der Waals surface area contributed by atoms with Gasteiger partial charge in [-0.3, -0.25) is 14.6 Å². The van der Waals surface area contributed by atoms with Crippen molar-refractivity contribution in [3.8, 4) is 5.75 Å². The molecule has 0 saturated carbocycles. The van der Waals surface area contributed by atoms with Crippen LogP contribution in [-0.2, 0) is 17.1 Å². The number of alkyl halides is 6. The van der Waals surface area contributed by atoms with E-state index in [4.69, 9.17) is 9.47 Å². The van der Waals surface area contributed by atoms with E-state index in [1.54, 1.807) is 12.1 Å². The van der Waals surface area contributed by atoms with Crippen molar-refractivity contribution in [2.45, 2.75) is 25.7 Å². The van der Waals surface area contributed by atoms with Crippen molar-refractivity contribution in [2.75, 3.05) is 51.4 Å². The SMILES string of the molecule is COc1ccc(C)c2sc(N(CCCN3CCOCC3)C(=O)c3cc(C(F)(F)F)cc(C(F)(F)F)c3)nc12. The number of morpholine rings is 1. The van der Waals surface area contributed by atoms with Gasteiger partial charge in [-0.2, -0.15) is 26.3 Å². The summed E-state index contributed by atoms with van der Waals surface area (Å²) >= 11 is 1.13. The number of ether oxygens (including phenoxy) is 2. The smallest absolute Gasteiger partial charge is 0.416 e. The van der Waals surface area contributed by atoms with Crippen LogP contribution in [-0.4, -0.2) is 62.3 Å². The average molecular weight is 562 g/mol. The number of carbonyl (C=O) groups excluding carboxylic acids is 1. The van der Waals surface area contributed by atoms with Crippen molar-refractivity contribution >= 4 is 32.6 Å². The largest absolute Gasteiger partial charge is 0.494 e. The first-order valence-corrected chi connectivity index (χ1v) is 12.6. The summed E-state index contributed by atoms with van der Waals surface area (Å²) in [6.07, 6.45) is -9.72. The van der Waals surface area contributed by atoms with Gasteiger partial charge < -0.3 is 9.47 Å². The number of methoxy groups -OCH3 is 1. The maximum Gasteiger partial charge on any atom is 0.416 e. The van der Waals surface area contributed by atoms with E-state index in [1.807, 2.05) is 6.92 Å². The molecule has 0 radical (unpaired) electrons. The lowest BCUT2D eigenvalue weighted by Crippen LogP contribution is -2.39. The van der Waals surface area contributed by atoms with Gasteiger partial charge in [-0.1, -0.05) is 17.4 Å². The molecule has 1 aliphatic heterocycles. The summed E-state index contributed by atoms with van der Waals surface area (Å²) in [6, 6.07) is 4.41. The van der Waals surface area contributed by atoms with Gasteiger partial charge in [0.1, 0.15) is 11.3 Å². The summed E-state index contributed by atoms with van der Waals surface area (Å²) in [6.45, 7) is 4.93. The molecule has 0 aliphatic carbocycles. The first-order valence-electron chi connectivity index (χ1n) is 11.7. The van der Waals surface area contributed by atoms with E-state index in [1.165, 1.54) is 7.11 Å². The zero-order valence-corrected chi connectivity index (χ0v) is 21.4. The minimum absolute atomic E-state index is 0.00542. The van der Waals surface area contributed by atoms with E-state index in [0.717, 1.165) is 21.8 Å². The van der Waals surface area contributed by atoms with Gasteiger partial charge >= 0.3 is 12.4 Å². The second-order valence-corrected chi connectivity index (χ2v) is 9.80. The maximum absolute atomic E-state index is 13.6. The number of carbonyl (C=O) groups is 1. The number of hydrogen-bond donors (Lipinski definition) is 0. The van der Waals surface area contributed by atoms with Gasteiger partial charge in [-0.15, -0.1) is 0 Å². The van der Waals surface area contributed by atoms with Crippen molar-refractivity contribution in [2.24, 2.45) is 0 Å². The second kappa shape index (κ2) is 11.1. The summed E-state index contributed by atoms with van der Waals surface area (Å²) in [4.78, 5) is 21.4. The van der Waals surface area contributed by atoms with Crippen LogP contribution in [0.2, 0.25) is 0 Å². The van der Waals surface area contributed by atoms with Gasteiger partial charge in [-0.05, 0) is 43.2 Å². The standard InChI is InChI=1S/C25H25F6N3O3S/c1-15-4-5-19(36-2)20-21(15)38-23(32-20)34(7-3-6-33-8-10-37-11-9-33)22(35)16-12-17(24(26,27)28)14-18(13-16)25(29,30)31/h4-5,12-14H,3,6-11H2,1-2H3. The Balaban J connectivity index is 1.75. The summed E-state index contributed by atoms with van der Waals surface area (Å²) in [7, 11) is 1.45. The van der Waals surface area contributed by atoms with E-state index < -0.39 is 35.0 Å². The van der Waals surface area contributed by atoms with Crippen LogP contribution in [0.3, 0.4) is 0 Å². The van der Waals surface area contributed by atoms with Crippen LogP contribution < -0.4 is 9.64 Å². The van der Waals surface area contributed by atoms with E-state index >= 15 is 0 Å². The lowest BCUT2D eigenvalue weighted by molar-refractivity contribution is -0.143. The predicted molar refractivity (Wildman–Crippen MR) is 131 cm³/mol. The monoisotopic (exact) mass is 561 g/mol. The van der Waals surface area contributed by atoms with E-state index in [0.29, 0.717) is 67.4 Å². The number of aromatic nitrogens is 1. The number of thiazole rings is 1. The zero-order chi connectivity index (χ0) is 27.7. The molecule has 0 unspecified atom stereocenters. The number of aryl methyl sites for hydroxylation is 1. The van der Waals surface area contributed by atoms with Crippen LogP contribution in [0.5, 0.6) is 5.75 Å². The molecule has 38 heavy (non-hydrogen) atoms. The van der Waals surface area contributed by atoms with Crippen molar-refractivity contribution in [1.29, 1.82) is 0 Å². The number of amides is 1. The summed E-state index contributed by atoms with van der Waals surface area (Å²) in [5.74, 6) is -0.563. The van der Waals surface area contributed by atoms with Gasteiger partial charge in [0.05, 0.1) is 36.2 Å². The van der Waals surface area contributed by atoms with Crippen molar-refractivity contribution in [3.63, 3.8) is 0 Å². The molecule has 1 fully saturated rings. The molecule has 0 N–H and O–H groups in total. The second-order valence-electron chi connectivity index (χ2n) is 8.82. The molecule has 2 heterocycles. The number of halogens is 6. The molecule has 13 heteroatoms. The highest BCUT2D eigenvalue weighted by molar-refractivity contribution is 7.22. The Morgan fingerprint density at radius 2 is 1.71 bits per heavy atom. The van der Waals surface area contributed by atoms with E-state index in [2.05, 4.69) is 9.88 Å². The molecule has 0 spiro atoms. The maximum atomic E-state index is 13.6. The van der Waals surface area contributed by atoms with Gasteiger partial charge in [0.25, 0.3) is 5.91 Å². The van der Waals surface area contributed by atoms with Crippen molar-refractivity contribution in [3.05, 3.63) is 52.6 Å². The third-order valence-corrected chi connectivity index (χ3v) is 7.40. The first-order chi connectivity index (χ1) is 17.9. The summed E-state index contributed by atoms with van der Waals surface area (Å²) < 4.78 is 92.2. The van der Waals surface area contributed by atoms with Gasteiger partial charge in [0.2, 0.25) is 0 Å². The predicted octanol–water partition coefficient (Wildman–Crippen LogP) is 6.02. The lowest BCUT2D eigenvalue weighted by Gasteiger charge is -2.28. The Kier molecular flexibility index (Phi) is 8.19. The van der Waals surface area contributed by atoms with Crippen LogP contribution in [0.1, 0.15) is 33.5 Å². The molecule has 4 rings (SSSR count). The number of rotatable bonds is 7. The average Bonchev–Trinajstić information content (AvgIpc) is 3.32. The topological polar surface area (TPSA) is 54.9 Å². The van der Waals surface area contributed by atoms with Crippen LogP contribution in [0.25, 0.3) is 10.2 Å². The summed E-state index contributed by atoms with van der Waals surface area (Å²) in [5, 5.41) is 0.158. The fraction of sp³-hybridized carbons (Fsp3) is 0.440. The van der Waals surface area contributed by atoms with Gasteiger partial charge in [-0.25, -0.2) is 4.98 Å². The molecule has 1 aromatic heterocycles. The van der Waals surface area contributed by atoms with Crippen molar-refractivity contribution in [1.82, 2.24) is 9.88 Å². The Hall–Kier alpha value is -2.90. The summed E-state index contributed by atoms with van der Waals surface area (Å²) in [5.41, 5.74) is -2.53. The number of hydrogen-bond acceptors (Lipinski definition) is 6. The zero-order valence-electron chi connectivity index (χ0n) is 20.6. The normalized spacial score (nSPS) is 15.2. The molecule has 3 aromatic rings. The molecule has 0 bridgehead atoms. The van der Waals surface area contributed by atoms with Crippen molar-refractivity contribution < 1.29 is 40.6 Å². The molecule has 1 saturated heterocycles. The Morgan fingerprint density at radius 1 is 1.08 bits per heavy atom. The number of anilines is 1. The molecule has 1 amide bonds. The molecular weight excluding hydrogens is 536 g/mol. The van der Waals surface area contributed by atoms with Crippen LogP contribution in [0, 0.1) is 6.92 Å². The highest BCUT2D eigenvalue weighted by atomic mass is 32.1. The molecule has 0 atom stereocenters. The lowest BCUT2D eigenvalue weighted by atomic mass is 10.0. The van der Waals surface area contributed by atoms with Crippen LogP contribution >= 0.6 is 11.3 Å². The highest BCUT2D eigenvalue weighted by Gasteiger charge is 2.38. The van der Waals surface area contributed by atoms with E-state index in [-0.39, 0.29) is 17.7 Å². The minimum atomic E-state index is -5.07. The molecule has 2 aromatic carbocycles. The molecule has 1 aliphatic rings. The van der Waals surface area contributed by atoms with Crippen LogP contribution in [0.4, 0.5) is 31.5 Å². The third-order valence-electron chi connectivity index (χ3n) is 6.18. The number of fused-ring (bicyclic) bond motifs is 1. The van der Waals surface area contributed by atoms with Gasteiger partial charge in [0.15, 0.2) is 5.13 Å². The Labute approximate surface area is 218 Å². The fourth-order valence-electron chi connectivity index (χ4n) is 4.17. The molecule has 206 valence electrons. The van der Waals surface area contributed by atoms with Crippen LogP contribution in [0.15, 0.2) is 30.3 Å². The molecular formula is C25H25F6N3O3S. The number of benzene rings is 2. The first kappa shape index (κ1) is 28.1.